The van der Waals surface area contributed by atoms with E-state index in [-0.39, 0.29) is 12.7 Å². The van der Waals surface area contributed by atoms with E-state index in [1.54, 1.807) is 0 Å². The fourth-order valence-corrected chi connectivity index (χ4v) is 0.911. The summed E-state index contributed by atoms with van der Waals surface area (Å²) in [6.45, 7) is 1.59. The number of carbonyl (C=O) groups is 1. The highest BCUT2D eigenvalue weighted by Crippen LogP contribution is 2.22. The first kappa shape index (κ1) is 11.7. The van der Waals surface area contributed by atoms with Crippen LogP contribution in [0.5, 0.6) is 0 Å². The van der Waals surface area contributed by atoms with Crippen molar-refractivity contribution in [3.63, 3.8) is 0 Å². The fraction of sp³-hybridized carbons (Fsp3) is 0.500. The fourth-order valence-electron chi connectivity index (χ4n) is 0.403. The van der Waals surface area contributed by atoms with Crippen molar-refractivity contribution in [2.75, 3.05) is 6.61 Å². The van der Waals surface area contributed by atoms with Crippen LogP contribution in [0.1, 0.15) is 6.92 Å². The summed E-state index contributed by atoms with van der Waals surface area (Å²) in [6.07, 6.45) is -4.56. The number of halogens is 4. The number of rotatable bonds is 2. The van der Waals surface area contributed by atoms with Crippen molar-refractivity contribution in [3.05, 3.63) is 9.66 Å². The quantitative estimate of drug-likeness (QED) is 0.444. The molecule has 0 aromatic carbocycles. The van der Waals surface area contributed by atoms with Crippen LogP contribution in [0.15, 0.2) is 9.66 Å². The molecule has 0 aliphatic rings. The Morgan fingerprint density at radius 1 is 1.58 bits per heavy atom. The summed E-state index contributed by atoms with van der Waals surface area (Å²) in [5, 5.41) is 0. The molecule has 0 N–H and O–H groups in total. The first-order valence-electron chi connectivity index (χ1n) is 2.99. The SMILES string of the molecule is CCOC(=O)/C(I)=C/C(F)(F)F. The van der Waals surface area contributed by atoms with Gasteiger partial charge in [0.15, 0.2) is 0 Å². The lowest BCUT2D eigenvalue weighted by Gasteiger charge is -2.01. The van der Waals surface area contributed by atoms with Gasteiger partial charge in [0, 0.05) is 6.08 Å². The summed E-state index contributed by atoms with van der Waals surface area (Å²) >= 11 is 1.28. The summed E-state index contributed by atoms with van der Waals surface area (Å²) in [5.74, 6) is -0.949. The number of esters is 1. The first-order valence-corrected chi connectivity index (χ1v) is 4.07. The molecule has 0 aliphatic heterocycles. The monoisotopic (exact) mass is 294 g/mol. The van der Waals surface area contributed by atoms with Crippen LogP contribution in [-0.4, -0.2) is 18.8 Å². The first-order chi connectivity index (χ1) is 5.37. The maximum absolute atomic E-state index is 11.6. The van der Waals surface area contributed by atoms with Crippen LogP contribution >= 0.6 is 22.6 Å². The molecule has 0 spiro atoms. The average Bonchev–Trinajstić information content (AvgIpc) is 1.84. The van der Waals surface area contributed by atoms with Gasteiger partial charge in [0.2, 0.25) is 0 Å². The highest BCUT2D eigenvalue weighted by molar-refractivity contribution is 14.1. The molecule has 0 amide bonds. The average molecular weight is 294 g/mol. The minimum atomic E-state index is -4.47. The Morgan fingerprint density at radius 2 is 2.08 bits per heavy atom. The third-order valence-electron chi connectivity index (χ3n) is 0.761. The summed E-state index contributed by atoms with van der Waals surface area (Å²) < 4.78 is 38.7. The largest absolute Gasteiger partial charge is 0.462 e. The third kappa shape index (κ3) is 5.39. The lowest BCUT2D eigenvalue weighted by Crippen LogP contribution is -2.08. The van der Waals surface area contributed by atoms with E-state index in [0.29, 0.717) is 0 Å². The molecule has 0 aromatic heterocycles. The second-order valence-electron chi connectivity index (χ2n) is 1.75. The van der Waals surface area contributed by atoms with Gasteiger partial charge in [0.05, 0.1) is 6.61 Å². The molecule has 0 aromatic rings. The summed E-state index contributed by atoms with van der Waals surface area (Å²) in [4.78, 5) is 10.6. The molecule has 6 heteroatoms. The minimum absolute atomic E-state index is 0.0665. The molecular weight excluding hydrogens is 288 g/mol. The van der Waals surface area contributed by atoms with Gasteiger partial charge >= 0.3 is 12.1 Å². The number of ether oxygens (including phenoxy) is 1. The van der Waals surface area contributed by atoms with Crippen molar-refractivity contribution >= 4 is 28.6 Å². The van der Waals surface area contributed by atoms with Crippen LogP contribution < -0.4 is 0 Å². The van der Waals surface area contributed by atoms with E-state index in [1.807, 2.05) is 0 Å². The third-order valence-corrected chi connectivity index (χ3v) is 1.51. The van der Waals surface area contributed by atoms with Gasteiger partial charge in [0.25, 0.3) is 0 Å². The molecule has 0 unspecified atom stereocenters. The van der Waals surface area contributed by atoms with Crippen molar-refractivity contribution in [1.82, 2.24) is 0 Å². The lowest BCUT2D eigenvalue weighted by atomic mass is 10.5. The zero-order valence-electron chi connectivity index (χ0n) is 6.11. The molecule has 12 heavy (non-hydrogen) atoms. The van der Waals surface area contributed by atoms with Crippen LogP contribution in [0.25, 0.3) is 0 Å². The van der Waals surface area contributed by atoms with E-state index in [4.69, 9.17) is 0 Å². The molecule has 0 heterocycles. The molecule has 0 fully saturated rings. The molecule has 0 rings (SSSR count). The van der Waals surface area contributed by atoms with Crippen LogP contribution in [0.2, 0.25) is 0 Å². The van der Waals surface area contributed by atoms with Crippen LogP contribution in [0, 0.1) is 0 Å². The van der Waals surface area contributed by atoms with E-state index in [1.165, 1.54) is 29.5 Å². The second kappa shape index (κ2) is 4.68. The van der Waals surface area contributed by atoms with E-state index in [2.05, 4.69) is 4.74 Å². The molecule has 70 valence electrons. The van der Waals surface area contributed by atoms with E-state index >= 15 is 0 Å². The molecule has 0 saturated heterocycles. The number of alkyl halides is 3. The standard InChI is InChI=1S/C6H6F3IO2/c1-2-12-5(11)4(10)3-6(7,8)9/h3H,2H2,1H3/b4-3-. The Hall–Kier alpha value is -0.270. The van der Waals surface area contributed by atoms with Gasteiger partial charge in [-0.25, -0.2) is 4.79 Å². The van der Waals surface area contributed by atoms with Gasteiger partial charge in [-0.2, -0.15) is 13.2 Å². The smallest absolute Gasteiger partial charge is 0.411 e. The summed E-state index contributed by atoms with van der Waals surface area (Å²) in [6, 6.07) is 0. The normalized spacial score (nSPS) is 12.9. The number of hydrogen-bond donors (Lipinski definition) is 0. The van der Waals surface area contributed by atoms with Gasteiger partial charge in [0.1, 0.15) is 3.58 Å². The van der Waals surface area contributed by atoms with Crippen molar-refractivity contribution in [3.8, 4) is 0 Å². The van der Waals surface area contributed by atoms with Crippen LogP contribution in [0.4, 0.5) is 13.2 Å². The predicted molar refractivity (Wildman–Crippen MR) is 44.8 cm³/mol. The van der Waals surface area contributed by atoms with Crippen molar-refractivity contribution in [1.29, 1.82) is 0 Å². The number of allylic oxidation sites excluding steroid dienone is 1. The maximum atomic E-state index is 11.6. The van der Waals surface area contributed by atoms with Gasteiger partial charge in [-0.05, 0) is 29.5 Å². The zero-order chi connectivity index (χ0) is 9.78. The molecule has 0 saturated carbocycles. The minimum Gasteiger partial charge on any atom is -0.462 e. The maximum Gasteiger partial charge on any atom is 0.411 e. The molecule has 2 nitrogen and oxygen atoms in total. The molecule has 0 aliphatic carbocycles. The van der Waals surface area contributed by atoms with Crippen molar-refractivity contribution in [2.24, 2.45) is 0 Å². The number of carbonyl (C=O) groups excluding carboxylic acids is 1. The summed E-state index contributed by atoms with van der Waals surface area (Å²) in [5.41, 5.74) is 0. The van der Waals surface area contributed by atoms with Crippen LogP contribution in [0.3, 0.4) is 0 Å². The molecule has 0 bridgehead atoms. The lowest BCUT2D eigenvalue weighted by molar-refractivity contribution is -0.138. The van der Waals surface area contributed by atoms with E-state index in [9.17, 15) is 18.0 Å². The van der Waals surface area contributed by atoms with Gasteiger partial charge < -0.3 is 4.74 Å². The highest BCUT2D eigenvalue weighted by Gasteiger charge is 2.26. The molecule has 0 atom stereocenters. The Kier molecular flexibility index (Phi) is 4.58. The topological polar surface area (TPSA) is 26.3 Å². The van der Waals surface area contributed by atoms with E-state index in [0.717, 1.165) is 0 Å². The highest BCUT2D eigenvalue weighted by atomic mass is 127. The van der Waals surface area contributed by atoms with Gasteiger partial charge in [-0.15, -0.1) is 0 Å². The Labute approximate surface area is 80.9 Å². The van der Waals surface area contributed by atoms with Gasteiger partial charge in [-0.3, -0.25) is 0 Å². The molecule has 0 radical (unpaired) electrons. The van der Waals surface area contributed by atoms with Crippen molar-refractivity contribution < 1.29 is 22.7 Å². The Balaban J connectivity index is 4.28. The van der Waals surface area contributed by atoms with E-state index < -0.39 is 15.7 Å². The summed E-state index contributed by atoms with van der Waals surface area (Å²) in [7, 11) is 0. The van der Waals surface area contributed by atoms with Crippen LogP contribution in [-0.2, 0) is 9.53 Å². The Bertz CT molecular complexity index is 197. The number of hydrogen-bond acceptors (Lipinski definition) is 2. The van der Waals surface area contributed by atoms with Crippen molar-refractivity contribution in [2.45, 2.75) is 13.1 Å². The zero-order valence-corrected chi connectivity index (χ0v) is 8.27. The predicted octanol–water partition coefficient (Wildman–Crippen LogP) is 2.43. The molecular formula is C6H6F3IO2. The Morgan fingerprint density at radius 3 is 2.42 bits per heavy atom. The second-order valence-corrected chi connectivity index (χ2v) is 2.92. The van der Waals surface area contributed by atoms with Gasteiger partial charge in [-0.1, -0.05) is 0 Å².